The fourth-order valence-corrected chi connectivity index (χ4v) is 1.90. The van der Waals surface area contributed by atoms with Crippen molar-refractivity contribution in [2.75, 3.05) is 33.8 Å². The van der Waals surface area contributed by atoms with E-state index in [1.54, 1.807) is 11.8 Å². The Hall–Kier alpha value is -0.810. The van der Waals surface area contributed by atoms with Crippen molar-refractivity contribution in [3.05, 3.63) is 0 Å². The first-order valence-electron chi connectivity index (χ1n) is 5.32. The Bertz CT molecular complexity index is 221. The largest absolute Gasteiger partial charge is 0.450 e. The normalized spacial score (nSPS) is 26.9. The highest BCUT2D eigenvalue weighted by Crippen LogP contribution is 2.15. The van der Waals surface area contributed by atoms with Gasteiger partial charge in [-0.15, -0.1) is 0 Å². The topological polar surface area (TPSA) is 53.0 Å². The number of ether oxygens (including phenoxy) is 1. The second-order valence-corrected chi connectivity index (χ2v) is 4.03. The van der Waals surface area contributed by atoms with Crippen LogP contribution in [0.1, 0.15) is 13.3 Å². The molecule has 1 aliphatic heterocycles. The van der Waals surface area contributed by atoms with Gasteiger partial charge in [0.2, 0.25) is 0 Å². The van der Waals surface area contributed by atoms with E-state index in [9.17, 15) is 9.90 Å². The number of likely N-dealkylation sites (tertiary alicyclic amines) is 1. The van der Waals surface area contributed by atoms with Gasteiger partial charge >= 0.3 is 6.09 Å². The van der Waals surface area contributed by atoms with Crippen LogP contribution in [0.2, 0.25) is 0 Å². The minimum atomic E-state index is -0.488. The van der Waals surface area contributed by atoms with Crippen molar-refractivity contribution in [3.8, 4) is 0 Å². The summed E-state index contributed by atoms with van der Waals surface area (Å²) in [5, 5.41) is 9.84. The van der Waals surface area contributed by atoms with E-state index in [2.05, 4.69) is 0 Å². The monoisotopic (exact) mass is 216 g/mol. The van der Waals surface area contributed by atoms with Crippen LogP contribution in [-0.4, -0.2) is 66.9 Å². The minimum Gasteiger partial charge on any atom is -0.450 e. The Morgan fingerprint density at radius 2 is 2.27 bits per heavy atom. The van der Waals surface area contributed by atoms with E-state index < -0.39 is 6.10 Å². The molecule has 88 valence electrons. The molecule has 0 bridgehead atoms. The zero-order valence-electron chi connectivity index (χ0n) is 9.64. The lowest BCUT2D eigenvalue weighted by Crippen LogP contribution is -2.53. The van der Waals surface area contributed by atoms with E-state index in [-0.39, 0.29) is 12.1 Å². The third kappa shape index (κ3) is 3.07. The second kappa shape index (κ2) is 5.32. The number of β-amino-alcohol motifs (C(OH)–C–C–N with tert-alkyl or cyclic N) is 1. The highest BCUT2D eigenvalue weighted by atomic mass is 16.6. The maximum Gasteiger partial charge on any atom is 0.409 e. The number of nitrogens with zero attached hydrogens (tertiary/aromatic N) is 2. The van der Waals surface area contributed by atoms with Gasteiger partial charge in [0, 0.05) is 12.6 Å². The first-order chi connectivity index (χ1) is 7.06. The summed E-state index contributed by atoms with van der Waals surface area (Å²) in [6, 6.07) is 0.135. The van der Waals surface area contributed by atoms with Crippen molar-refractivity contribution < 1.29 is 14.6 Å². The highest BCUT2D eigenvalue weighted by Gasteiger charge is 2.31. The minimum absolute atomic E-state index is 0.135. The second-order valence-electron chi connectivity index (χ2n) is 4.03. The van der Waals surface area contributed by atoms with Gasteiger partial charge < -0.3 is 19.6 Å². The molecule has 15 heavy (non-hydrogen) atoms. The predicted octanol–water partition coefficient (Wildman–Crippen LogP) is 0.140. The van der Waals surface area contributed by atoms with Gasteiger partial charge in [0.25, 0.3) is 0 Å². The van der Waals surface area contributed by atoms with E-state index in [1.165, 1.54) is 0 Å². The summed E-state index contributed by atoms with van der Waals surface area (Å²) in [7, 11) is 3.88. The zero-order chi connectivity index (χ0) is 11.4. The third-order valence-electron chi connectivity index (χ3n) is 2.74. The van der Waals surface area contributed by atoms with Crippen molar-refractivity contribution in [1.29, 1.82) is 0 Å². The van der Waals surface area contributed by atoms with Crippen molar-refractivity contribution in [3.63, 3.8) is 0 Å². The molecule has 0 radical (unpaired) electrons. The van der Waals surface area contributed by atoms with E-state index in [0.717, 1.165) is 6.42 Å². The first-order valence-corrected chi connectivity index (χ1v) is 5.32. The SMILES string of the molecule is CCOC(=O)N1CC[C@@H](N(C)C)[C@@H](O)C1. The average Bonchev–Trinajstić information content (AvgIpc) is 2.17. The van der Waals surface area contributed by atoms with Gasteiger partial charge in [-0.25, -0.2) is 4.79 Å². The zero-order valence-corrected chi connectivity index (χ0v) is 9.64. The predicted molar refractivity (Wildman–Crippen MR) is 56.7 cm³/mol. The van der Waals surface area contributed by atoms with Crippen LogP contribution in [0.5, 0.6) is 0 Å². The molecule has 1 rings (SSSR count). The maximum atomic E-state index is 11.4. The molecule has 1 N–H and O–H groups in total. The van der Waals surface area contributed by atoms with Crippen molar-refractivity contribution >= 4 is 6.09 Å². The Kier molecular flexibility index (Phi) is 4.35. The van der Waals surface area contributed by atoms with Crippen LogP contribution in [0.4, 0.5) is 4.79 Å². The fraction of sp³-hybridized carbons (Fsp3) is 0.900. The van der Waals surface area contributed by atoms with Crippen LogP contribution < -0.4 is 0 Å². The number of carbonyl (C=O) groups excluding carboxylic acids is 1. The van der Waals surface area contributed by atoms with Crippen LogP contribution in [0.3, 0.4) is 0 Å². The van der Waals surface area contributed by atoms with E-state index in [4.69, 9.17) is 4.74 Å². The first kappa shape index (κ1) is 12.3. The molecule has 2 atom stereocenters. The van der Waals surface area contributed by atoms with E-state index in [0.29, 0.717) is 19.7 Å². The molecule has 1 fully saturated rings. The Morgan fingerprint density at radius 3 is 2.73 bits per heavy atom. The molecule has 0 spiro atoms. The molecule has 0 unspecified atom stereocenters. The fourth-order valence-electron chi connectivity index (χ4n) is 1.90. The van der Waals surface area contributed by atoms with E-state index >= 15 is 0 Å². The summed E-state index contributed by atoms with van der Waals surface area (Å²) in [6.07, 6.45) is -0.0283. The molecule has 1 amide bonds. The molecule has 1 aliphatic rings. The van der Waals surface area contributed by atoms with Crippen molar-refractivity contribution in [1.82, 2.24) is 9.80 Å². The Morgan fingerprint density at radius 1 is 1.60 bits per heavy atom. The van der Waals surface area contributed by atoms with Crippen LogP contribution >= 0.6 is 0 Å². The third-order valence-corrected chi connectivity index (χ3v) is 2.74. The number of amides is 1. The molecular formula is C10H20N2O3. The van der Waals surface area contributed by atoms with E-state index in [1.807, 2.05) is 19.0 Å². The molecular weight excluding hydrogens is 196 g/mol. The number of rotatable bonds is 2. The maximum absolute atomic E-state index is 11.4. The molecule has 5 nitrogen and oxygen atoms in total. The standard InChI is InChI=1S/C10H20N2O3/c1-4-15-10(14)12-6-5-8(11(2)3)9(13)7-12/h8-9,13H,4-7H2,1-3H3/t8-,9+/m1/s1. The summed E-state index contributed by atoms with van der Waals surface area (Å²) >= 11 is 0. The molecule has 0 aromatic heterocycles. The number of hydrogen-bond donors (Lipinski definition) is 1. The number of piperidine rings is 1. The van der Waals surface area contributed by atoms with Crippen LogP contribution in [0, 0.1) is 0 Å². The summed E-state index contributed by atoms with van der Waals surface area (Å²) in [4.78, 5) is 15.0. The summed E-state index contributed by atoms with van der Waals surface area (Å²) < 4.78 is 4.89. The van der Waals surface area contributed by atoms with Gasteiger partial charge in [-0.3, -0.25) is 0 Å². The van der Waals surface area contributed by atoms with Crippen molar-refractivity contribution in [2.24, 2.45) is 0 Å². The van der Waals surface area contributed by atoms with Gasteiger partial charge in [0.1, 0.15) is 0 Å². The lowest BCUT2D eigenvalue weighted by Gasteiger charge is -2.38. The number of carbonyl (C=O) groups is 1. The number of likely N-dealkylation sites (N-methyl/N-ethyl adjacent to an activating group) is 1. The van der Waals surface area contributed by atoms with Gasteiger partial charge in [-0.05, 0) is 27.4 Å². The number of aliphatic hydroxyl groups is 1. The summed E-state index contributed by atoms with van der Waals surface area (Å²) in [5.74, 6) is 0. The number of hydrogen-bond acceptors (Lipinski definition) is 4. The molecule has 0 aliphatic carbocycles. The molecule has 1 heterocycles. The van der Waals surface area contributed by atoms with Crippen LogP contribution in [0.15, 0.2) is 0 Å². The average molecular weight is 216 g/mol. The van der Waals surface area contributed by atoms with Gasteiger partial charge in [0.05, 0.1) is 19.3 Å². The van der Waals surface area contributed by atoms with Crippen LogP contribution in [0.25, 0.3) is 0 Å². The van der Waals surface area contributed by atoms with Crippen molar-refractivity contribution in [2.45, 2.75) is 25.5 Å². The van der Waals surface area contributed by atoms with Gasteiger partial charge in [-0.2, -0.15) is 0 Å². The van der Waals surface area contributed by atoms with Gasteiger partial charge in [0.15, 0.2) is 0 Å². The summed E-state index contributed by atoms with van der Waals surface area (Å²) in [6.45, 7) is 3.17. The molecule has 0 aromatic carbocycles. The highest BCUT2D eigenvalue weighted by molar-refractivity contribution is 5.67. The van der Waals surface area contributed by atoms with Crippen LogP contribution in [-0.2, 0) is 4.74 Å². The quantitative estimate of drug-likeness (QED) is 0.713. The smallest absolute Gasteiger partial charge is 0.409 e. The Labute approximate surface area is 90.6 Å². The lowest BCUT2D eigenvalue weighted by atomic mass is 10.0. The Balaban J connectivity index is 2.47. The van der Waals surface area contributed by atoms with Gasteiger partial charge in [-0.1, -0.05) is 0 Å². The number of aliphatic hydroxyl groups excluding tert-OH is 1. The molecule has 0 aromatic rings. The molecule has 0 saturated carbocycles. The summed E-state index contributed by atoms with van der Waals surface area (Å²) in [5.41, 5.74) is 0. The molecule has 1 saturated heterocycles. The lowest BCUT2D eigenvalue weighted by molar-refractivity contribution is 0.00226. The molecule has 5 heteroatoms.